The van der Waals surface area contributed by atoms with Gasteiger partial charge in [-0.25, -0.2) is 4.98 Å². The number of ether oxygens (including phenoxy) is 1. The second-order valence-corrected chi connectivity index (χ2v) is 5.92. The Bertz CT molecular complexity index is 855. The summed E-state index contributed by atoms with van der Waals surface area (Å²) in [6, 6.07) is 3.67. The van der Waals surface area contributed by atoms with E-state index >= 15 is 0 Å². The molecule has 0 radical (unpaired) electrons. The predicted octanol–water partition coefficient (Wildman–Crippen LogP) is 2.71. The van der Waals surface area contributed by atoms with E-state index in [0.717, 1.165) is 11.4 Å². The van der Waals surface area contributed by atoms with Crippen LogP contribution in [-0.2, 0) is 6.42 Å². The van der Waals surface area contributed by atoms with Gasteiger partial charge >= 0.3 is 0 Å². The molecular weight excluding hydrogens is 314 g/mol. The third-order valence-corrected chi connectivity index (χ3v) is 4.28. The van der Waals surface area contributed by atoms with E-state index in [1.807, 2.05) is 26.0 Å². The Morgan fingerprint density at radius 1 is 1.39 bits per heavy atom. The fraction of sp³-hybridized carbons (Fsp3) is 0.333. The molecule has 3 rings (SSSR count). The molecule has 0 fully saturated rings. The molecule has 0 bridgehead atoms. The predicted molar refractivity (Wildman–Crippen MR) is 88.3 cm³/mol. The van der Waals surface area contributed by atoms with Gasteiger partial charge in [0.2, 0.25) is 5.13 Å². The molecule has 23 heavy (non-hydrogen) atoms. The minimum absolute atomic E-state index is 0.262. The quantitative estimate of drug-likeness (QED) is 0.777. The van der Waals surface area contributed by atoms with Crippen molar-refractivity contribution in [2.45, 2.75) is 27.2 Å². The van der Waals surface area contributed by atoms with Crippen LogP contribution in [0.25, 0.3) is 5.65 Å². The van der Waals surface area contributed by atoms with Gasteiger partial charge in [-0.2, -0.15) is 0 Å². The molecule has 1 amide bonds. The molecule has 0 aromatic carbocycles. The lowest BCUT2D eigenvalue weighted by atomic mass is 10.3. The van der Waals surface area contributed by atoms with Gasteiger partial charge in [-0.1, -0.05) is 18.3 Å². The molecule has 8 heteroatoms. The number of imidazole rings is 1. The highest BCUT2D eigenvalue weighted by molar-refractivity contribution is 7.15. The van der Waals surface area contributed by atoms with Crippen LogP contribution in [0.1, 0.15) is 35.0 Å². The SMILES string of the molecule is CCOc1cccn2c(C(=O)Nc3nnc(CC)s3)c(C)nc12. The first-order chi connectivity index (χ1) is 11.1. The summed E-state index contributed by atoms with van der Waals surface area (Å²) in [6.45, 7) is 6.25. The molecule has 0 atom stereocenters. The van der Waals surface area contributed by atoms with Crippen molar-refractivity contribution in [3.05, 3.63) is 34.7 Å². The number of anilines is 1. The second-order valence-electron chi connectivity index (χ2n) is 4.85. The van der Waals surface area contributed by atoms with Gasteiger partial charge in [0.1, 0.15) is 10.7 Å². The van der Waals surface area contributed by atoms with E-state index in [0.29, 0.717) is 34.5 Å². The number of aromatic nitrogens is 4. The molecule has 0 aliphatic rings. The van der Waals surface area contributed by atoms with E-state index < -0.39 is 0 Å². The van der Waals surface area contributed by atoms with Crippen molar-refractivity contribution >= 4 is 28.0 Å². The van der Waals surface area contributed by atoms with Crippen LogP contribution in [0.15, 0.2) is 18.3 Å². The number of carbonyl (C=O) groups is 1. The van der Waals surface area contributed by atoms with Crippen molar-refractivity contribution in [2.24, 2.45) is 0 Å². The molecule has 1 N–H and O–H groups in total. The average molecular weight is 331 g/mol. The standard InChI is InChI=1S/C15H17N5O2S/c1-4-11-18-19-15(23-11)17-14(21)12-9(3)16-13-10(22-5-2)7-6-8-20(12)13/h6-8H,4-5H2,1-3H3,(H,17,19,21). The van der Waals surface area contributed by atoms with E-state index in [9.17, 15) is 4.79 Å². The van der Waals surface area contributed by atoms with Gasteiger partial charge in [-0.05, 0) is 32.4 Å². The molecule has 3 aromatic heterocycles. The largest absolute Gasteiger partial charge is 0.490 e. The normalized spacial score (nSPS) is 10.9. The molecule has 0 saturated heterocycles. The number of aryl methyl sites for hydroxylation is 2. The second kappa shape index (κ2) is 6.33. The molecule has 120 valence electrons. The zero-order chi connectivity index (χ0) is 16.4. The Kier molecular flexibility index (Phi) is 4.24. The van der Waals surface area contributed by atoms with Gasteiger partial charge in [-0.15, -0.1) is 10.2 Å². The summed E-state index contributed by atoms with van der Waals surface area (Å²) in [5, 5.41) is 12.1. The van der Waals surface area contributed by atoms with Crippen LogP contribution in [0.4, 0.5) is 5.13 Å². The molecule has 0 saturated carbocycles. The number of carbonyl (C=O) groups excluding carboxylic acids is 1. The summed E-state index contributed by atoms with van der Waals surface area (Å²) in [6.07, 6.45) is 2.59. The molecule has 7 nitrogen and oxygen atoms in total. The number of nitrogens with one attached hydrogen (secondary N) is 1. The lowest BCUT2D eigenvalue weighted by Gasteiger charge is -2.06. The van der Waals surface area contributed by atoms with E-state index in [1.54, 1.807) is 17.5 Å². The molecular formula is C15H17N5O2S. The summed E-state index contributed by atoms with van der Waals surface area (Å²) in [7, 11) is 0. The molecule has 0 unspecified atom stereocenters. The number of fused-ring (bicyclic) bond motifs is 1. The third-order valence-electron chi connectivity index (χ3n) is 3.29. The van der Waals surface area contributed by atoms with Crippen molar-refractivity contribution in [3.8, 4) is 5.75 Å². The van der Waals surface area contributed by atoms with Crippen LogP contribution in [0.5, 0.6) is 5.75 Å². The smallest absolute Gasteiger partial charge is 0.276 e. The Balaban J connectivity index is 1.96. The van der Waals surface area contributed by atoms with Crippen molar-refractivity contribution < 1.29 is 9.53 Å². The van der Waals surface area contributed by atoms with E-state index in [1.165, 1.54) is 11.3 Å². The number of rotatable bonds is 5. The van der Waals surface area contributed by atoms with Gasteiger partial charge in [0, 0.05) is 6.20 Å². The highest BCUT2D eigenvalue weighted by atomic mass is 32.1. The minimum atomic E-state index is -0.262. The maximum absolute atomic E-state index is 12.6. The number of amides is 1. The average Bonchev–Trinajstić information content (AvgIpc) is 3.11. The van der Waals surface area contributed by atoms with E-state index in [4.69, 9.17) is 4.74 Å². The Morgan fingerprint density at radius 2 is 2.22 bits per heavy atom. The summed E-state index contributed by atoms with van der Waals surface area (Å²) < 4.78 is 7.30. The zero-order valence-corrected chi connectivity index (χ0v) is 14.0. The molecule has 0 aliphatic heterocycles. The molecule has 0 aliphatic carbocycles. The van der Waals surface area contributed by atoms with Gasteiger partial charge in [0.05, 0.1) is 12.3 Å². The fourth-order valence-electron chi connectivity index (χ4n) is 2.30. The monoisotopic (exact) mass is 331 g/mol. The zero-order valence-electron chi connectivity index (χ0n) is 13.2. The molecule has 0 spiro atoms. The number of pyridine rings is 1. The Morgan fingerprint density at radius 3 is 2.91 bits per heavy atom. The van der Waals surface area contributed by atoms with Crippen LogP contribution in [-0.4, -0.2) is 32.1 Å². The maximum atomic E-state index is 12.6. The fourth-order valence-corrected chi connectivity index (χ4v) is 2.98. The molecule has 3 heterocycles. The summed E-state index contributed by atoms with van der Waals surface area (Å²) >= 11 is 1.37. The van der Waals surface area contributed by atoms with Gasteiger partial charge in [0.15, 0.2) is 11.4 Å². The number of hydrogen-bond acceptors (Lipinski definition) is 6. The summed E-state index contributed by atoms with van der Waals surface area (Å²) in [5.74, 6) is 0.392. The first-order valence-electron chi connectivity index (χ1n) is 7.38. The lowest BCUT2D eigenvalue weighted by Crippen LogP contribution is -2.15. The topological polar surface area (TPSA) is 81.4 Å². The van der Waals surface area contributed by atoms with Crippen molar-refractivity contribution in [3.63, 3.8) is 0 Å². The summed E-state index contributed by atoms with van der Waals surface area (Å²) in [5.41, 5.74) is 1.73. The van der Waals surface area contributed by atoms with Crippen molar-refractivity contribution in [1.29, 1.82) is 0 Å². The van der Waals surface area contributed by atoms with E-state index in [-0.39, 0.29) is 5.91 Å². The van der Waals surface area contributed by atoms with Gasteiger partial charge in [0.25, 0.3) is 5.91 Å². The number of nitrogens with zero attached hydrogens (tertiary/aromatic N) is 4. The third kappa shape index (κ3) is 2.89. The first kappa shape index (κ1) is 15.4. The van der Waals surface area contributed by atoms with Crippen LogP contribution >= 0.6 is 11.3 Å². The van der Waals surface area contributed by atoms with Crippen LogP contribution in [0.3, 0.4) is 0 Å². The highest BCUT2D eigenvalue weighted by Crippen LogP contribution is 2.23. The van der Waals surface area contributed by atoms with Crippen LogP contribution < -0.4 is 10.1 Å². The van der Waals surface area contributed by atoms with Crippen molar-refractivity contribution in [1.82, 2.24) is 19.6 Å². The molecule has 3 aromatic rings. The Hall–Kier alpha value is -2.48. The maximum Gasteiger partial charge on any atom is 0.276 e. The summed E-state index contributed by atoms with van der Waals surface area (Å²) in [4.78, 5) is 17.1. The Labute approximate surface area is 137 Å². The van der Waals surface area contributed by atoms with Crippen LogP contribution in [0.2, 0.25) is 0 Å². The van der Waals surface area contributed by atoms with Gasteiger partial charge < -0.3 is 4.74 Å². The van der Waals surface area contributed by atoms with Gasteiger partial charge in [-0.3, -0.25) is 14.5 Å². The van der Waals surface area contributed by atoms with Crippen LogP contribution in [0, 0.1) is 6.92 Å². The first-order valence-corrected chi connectivity index (χ1v) is 8.19. The van der Waals surface area contributed by atoms with Crippen molar-refractivity contribution in [2.75, 3.05) is 11.9 Å². The highest BCUT2D eigenvalue weighted by Gasteiger charge is 2.20. The lowest BCUT2D eigenvalue weighted by molar-refractivity contribution is 0.102. The van der Waals surface area contributed by atoms with E-state index in [2.05, 4.69) is 20.5 Å². The number of hydrogen-bond donors (Lipinski definition) is 1. The minimum Gasteiger partial charge on any atom is -0.490 e.